The smallest absolute Gasteiger partial charge is 0.414 e. The average molecular weight is 286 g/mol. The minimum Gasteiger partial charge on any atom is -0.425 e. The third-order valence-electron chi connectivity index (χ3n) is 2.12. The Morgan fingerprint density at radius 2 is 1.89 bits per heavy atom. The van der Waals surface area contributed by atoms with Crippen molar-refractivity contribution in [2.75, 3.05) is 5.32 Å². The molecule has 1 unspecified atom stereocenters. The lowest BCUT2D eigenvalue weighted by atomic mass is 10.3. The number of ether oxygens (including phenoxy) is 2. The van der Waals surface area contributed by atoms with Crippen molar-refractivity contribution in [3.05, 3.63) is 29.3 Å². The summed E-state index contributed by atoms with van der Waals surface area (Å²) in [4.78, 5) is 22.7. The number of esters is 1. The van der Waals surface area contributed by atoms with Crippen LogP contribution in [0.4, 0.5) is 10.5 Å². The van der Waals surface area contributed by atoms with E-state index in [1.54, 1.807) is 24.3 Å². The number of anilines is 1. The minimum atomic E-state index is -0.925. The number of hydrogen-bond donors (Lipinski definition) is 1. The summed E-state index contributed by atoms with van der Waals surface area (Å²) in [6.07, 6.45) is -0.639. The number of amides is 1. The van der Waals surface area contributed by atoms with E-state index >= 15 is 0 Å². The second kappa shape index (κ2) is 7.63. The van der Waals surface area contributed by atoms with Crippen molar-refractivity contribution in [1.82, 2.24) is 0 Å². The maximum Gasteiger partial charge on any atom is 0.414 e. The van der Waals surface area contributed by atoms with Crippen molar-refractivity contribution >= 4 is 29.4 Å². The second-order valence-electron chi connectivity index (χ2n) is 3.84. The predicted octanol–water partition coefficient (Wildman–Crippen LogP) is 3.58. The van der Waals surface area contributed by atoms with Crippen molar-refractivity contribution in [2.45, 2.75) is 33.0 Å². The molecule has 6 heteroatoms. The summed E-state index contributed by atoms with van der Waals surface area (Å²) in [5.74, 6) is -0.394. The molecule has 0 aliphatic carbocycles. The molecule has 0 saturated carbocycles. The Labute approximate surface area is 116 Å². The highest BCUT2D eigenvalue weighted by Gasteiger charge is 2.13. The molecule has 0 bridgehead atoms. The van der Waals surface area contributed by atoms with Gasteiger partial charge < -0.3 is 9.47 Å². The highest BCUT2D eigenvalue weighted by atomic mass is 35.5. The van der Waals surface area contributed by atoms with E-state index in [0.29, 0.717) is 23.6 Å². The van der Waals surface area contributed by atoms with Crippen LogP contribution in [0.3, 0.4) is 0 Å². The molecular weight excluding hydrogens is 270 g/mol. The zero-order valence-corrected chi connectivity index (χ0v) is 11.6. The Bertz CT molecular complexity index is 433. The van der Waals surface area contributed by atoms with E-state index in [1.807, 2.05) is 6.92 Å². The van der Waals surface area contributed by atoms with Gasteiger partial charge in [-0.25, -0.2) is 4.79 Å². The summed E-state index contributed by atoms with van der Waals surface area (Å²) in [5, 5.41) is 3.06. The highest BCUT2D eigenvalue weighted by Crippen LogP contribution is 2.13. The number of halogens is 1. The molecule has 0 saturated heterocycles. The SMILES string of the molecule is CCCC(=O)OC(C)OC(=O)Nc1ccc(Cl)cc1. The Hall–Kier alpha value is -1.75. The van der Waals surface area contributed by atoms with E-state index in [9.17, 15) is 9.59 Å². The number of rotatable bonds is 5. The van der Waals surface area contributed by atoms with E-state index in [-0.39, 0.29) is 0 Å². The Kier molecular flexibility index (Phi) is 6.15. The van der Waals surface area contributed by atoms with Crippen LogP contribution >= 0.6 is 11.6 Å². The summed E-state index contributed by atoms with van der Waals surface area (Å²) in [6.45, 7) is 3.34. The molecule has 0 heterocycles. The van der Waals surface area contributed by atoms with Crippen molar-refractivity contribution in [1.29, 1.82) is 0 Å². The maximum absolute atomic E-state index is 11.5. The molecule has 5 nitrogen and oxygen atoms in total. The van der Waals surface area contributed by atoms with Gasteiger partial charge in [0.2, 0.25) is 6.29 Å². The molecule has 0 radical (unpaired) electrons. The van der Waals surface area contributed by atoms with Crippen molar-refractivity contribution in [2.24, 2.45) is 0 Å². The first-order valence-corrected chi connectivity index (χ1v) is 6.31. The number of hydrogen-bond acceptors (Lipinski definition) is 4. The van der Waals surface area contributed by atoms with Crippen molar-refractivity contribution in [3.8, 4) is 0 Å². The molecule has 0 fully saturated rings. The first-order valence-electron chi connectivity index (χ1n) is 5.94. The van der Waals surface area contributed by atoms with Gasteiger partial charge in [0.05, 0.1) is 0 Å². The van der Waals surface area contributed by atoms with Gasteiger partial charge in [-0.2, -0.15) is 0 Å². The maximum atomic E-state index is 11.5. The van der Waals surface area contributed by atoms with E-state index in [4.69, 9.17) is 21.1 Å². The van der Waals surface area contributed by atoms with Gasteiger partial charge in [-0.15, -0.1) is 0 Å². The number of nitrogens with one attached hydrogen (secondary N) is 1. The fraction of sp³-hybridized carbons (Fsp3) is 0.385. The third-order valence-corrected chi connectivity index (χ3v) is 2.37. The second-order valence-corrected chi connectivity index (χ2v) is 4.28. The van der Waals surface area contributed by atoms with Gasteiger partial charge in [0.15, 0.2) is 0 Å². The molecule has 1 N–H and O–H groups in total. The van der Waals surface area contributed by atoms with Crippen LogP contribution in [0.5, 0.6) is 0 Å². The molecule has 1 atom stereocenters. The fourth-order valence-electron chi connectivity index (χ4n) is 1.30. The lowest BCUT2D eigenvalue weighted by Gasteiger charge is -2.14. The normalized spacial score (nSPS) is 11.5. The van der Waals surface area contributed by atoms with E-state index < -0.39 is 18.4 Å². The first kappa shape index (κ1) is 15.3. The van der Waals surface area contributed by atoms with Crippen LogP contribution in [0.25, 0.3) is 0 Å². The molecule has 1 amide bonds. The van der Waals surface area contributed by atoms with Crippen molar-refractivity contribution < 1.29 is 19.1 Å². The quantitative estimate of drug-likeness (QED) is 0.663. The Balaban J connectivity index is 2.38. The standard InChI is InChI=1S/C13H16ClNO4/c1-3-4-12(16)18-9(2)19-13(17)15-11-7-5-10(14)6-8-11/h5-9H,3-4H2,1-2H3,(H,15,17). The largest absolute Gasteiger partial charge is 0.425 e. The summed E-state index contributed by atoms with van der Waals surface area (Å²) in [7, 11) is 0. The van der Waals surface area contributed by atoms with Crippen LogP contribution in [0, 0.1) is 0 Å². The fourth-order valence-corrected chi connectivity index (χ4v) is 1.43. The van der Waals surface area contributed by atoms with Gasteiger partial charge in [-0.1, -0.05) is 18.5 Å². The lowest BCUT2D eigenvalue weighted by molar-refractivity contribution is -0.164. The van der Waals surface area contributed by atoms with Gasteiger partial charge in [-0.05, 0) is 30.7 Å². The molecule has 1 aromatic rings. The Morgan fingerprint density at radius 1 is 1.26 bits per heavy atom. The number of carbonyl (C=O) groups is 2. The van der Waals surface area contributed by atoms with Crippen LogP contribution in [-0.2, 0) is 14.3 Å². The zero-order valence-electron chi connectivity index (χ0n) is 10.8. The van der Waals surface area contributed by atoms with Crippen LogP contribution in [0.1, 0.15) is 26.7 Å². The van der Waals surface area contributed by atoms with E-state index in [2.05, 4.69) is 5.32 Å². The molecule has 0 aliphatic heterocycles. The molecular formula is C13H16ClNO4. The molecule has 0 spiro atoms. The van der Waals surface area contributed by atoms with E-state index in [0.717, 1.165) is 0 Å². The van der Waals surface area contributed by atoms with Crippen LogP contribution in [0.2, 0.25) is 5.02 Å². The monoisotopic (exact) mass is 285 g/mol. The van der Waals surface area contributed by atoms with Crippen LogP contribution in [0.15, 0.2) is 24.3 Å². The molecule has 0 aliphatic rings. The van der Waals surface area contributed by atoms with Gasteiger partial charge in [0, 0.05) is 24.1 Å². The number of benzene rings is 1. The average Bonchev–Trinajstić information content (AvgIpc) is 2.32. The van der Waals surface area contributed by atoms with Gasteiger partial charge in [-0.3, -0.25) is 10.1 Å². The summed E-state index contributed by atoms with van der Waals surface area (Å²) in [6, 6.07) is 6.55. The summed E-state index contributed by atoms with van der Waals surface area (Å²) >= 11 is 5.72. The molecule has 1 aromatic carbocycles. The molecule has 1 rings (SSSR count). The number of carbonyl (C=O) groups excluding carboxylic acids is 2. The molecule has 19 heavy (non-hydrogen) atoms. The molecule has 0 aromatic heterocycles. The van der Waals surface area contributed by atoms with Gasteiger partial charge >= 0.3 is 12.1 Å². The summed E-state index contributed by atoms with van der Waals surface area (Å²) in [5.41, 5.74) is 0.543. The minimum absolute atomic E-state index is 0.298. The van der Waals surface area contributed by atoms with Crippen LogP contribution in [-0.4, -0.2) is 18.4 Å². The third kappa shape index (κ3) is 6.10. The van der Waals surface area contributed by atoms with E-state index in [1.165, 1.54) is 6.92 Å². The first-order chi connectivity index (χ1) is 9.01. The van der Waals surface area contributed by atoms with Gasteiger partial charge in [0.25, 0.3) is 0 Å². The summed E-state index contributed by atoms with van der Waals surface area (Å²) < 4.78 is 9.75. The topological polar surface area (TPSA) is 64.6 Å². The zero-order chi connectivity index (χ0) is 14.3. The molecule has 104 valence electrons. The van der Waals surface area contributed by atoms with Crippen LogP contribution < -0.4 is 5.32 Å². The lowest BCUT2D eigenvalue weighted by Crippen LogP contribution is -2.24. The Morgan fingerprint density at radius 3 is 2.47 bits per heavy atom. The van der Waals surface area contributed by atoms with Crippen molar-refractivity contribution in [3.63, 3.8) is 0 Å². The highest BCUT2D eigenvalue weighted by molar-refractivity contribution is 6.30. The predicted molar refractivity (Wildman–Crippen MR) is 72.0 cm³/mol. The van der Waals surface area contributed by atoms with Gasteiger partial charge in [0.1, 0.15) is 0 Å².